The zero-order valence-electron chi connectivity index (χ0n) is 15.8. The molecule has 29 heavy (non-hydrogen) atoms. The third-order valence-electron chi connectivity index (χ3n) is 5.37. The number of hydrogen-bond acceptors (Lipinski definition) is 7. The molecule has 152 valence electrons. The van der Waals surface area contributed by atoms with Gasteiger partial charge in [0.1, 0.15) is 5.00 Å². The average molecular weight is 414 g/mol. The number of aliphatic carboxylic acids is 1. The molecule has 1 aromatic heterocycles. The van der Waals surface area contributed by atoms with Gasteiger partial charge < -0.3 is 24.7 Å². The van der Waals surface area contributed by atoms with E-state index in [2.05, 4.69) is 5.32 Å². The lowest BCUT2D eigenvalue weighted by Crippen LogP contribution is -2.46. The van der Waals surface area contributed by atoms with Crippen molar-refractivity contribution >= 4 is 34.2 Å². The van der Waals surface area contributed by atoms with E-state index in [1.165, 1.54) is 11.3 Å². The van der Waals surface area contributed by atoms with Gasteiger partial charge in [-0.25, -0.2) is 4.79 Å². The number of amides is 1. The molecule has 7 nitrogen and oxygen atoms in total. The zero-order chi connectivity index (χ0) is 20.5. The first-order chi connectivity index (χ1) is 14.0. The molecule has 0 saturated carbocycles. The van der Waals surface area contributed by atoms with Gasteiger partial charge in [0.15, 0.2) is 0 Å². The van der Waals surface area contributed by atoms with Crippen LogP contribution in [0, 0.1) is 11.8 Å². The third kappa shape index (κ3) is 3.65. The smallest absolute Gasteiger partial charge is 0.341 e. The Morgan fingerprint density at radius 3 is 2.52 bits per heavy atom. The Morgan fingerprint density at radius 1 is 1.17 bits per heavy atom. The molecule has 0 spiro atoms. The molecule has 2 aromatic rings. The van der Waals surface area contributed by atoms with E-state index in [0.29, 0.717) is 17.8 Å². The van der Waals surface area contributed by atoms with Crippen LogP contribution in [-0.2, 0) is 19.1 Å². The molecule has 0 radical (unpaired) electrons. The van der Waals surface area contributed by atoms with Gasteiger partial charge in [-0.2, -0.15) is 0 Å². The largest absolute Gasteiger partial charge is 0.550 e. The minimum atomic E-state index is -1.28. The summed E-state index contributed by atoms with van der Waals surface area (Å²) in [6.07, 6.45) is 0.311. The van der Waals surface area contributed by atoms with Crippen molar-refractivity contribution in [3.05, 3.63) is 42.0 Å². The summed E-state index contributed by atoms with van der Waals surface area (Å²) in [5.41, 5.74) is 1.15. The van der Waals surface area contributed by atoms with E-state index in [0.717, 1.165) is 10.4 Å². The number of carboxylic acids is 1. The highest BCUT2D eigenvalue weighted by Crippen LogP contribution is 2.44. The molecule has 2 fully saturated rings. The lowest BCUT2D eigenvalue weighted by Gasteiger charge is -2.27. The van der Waals surface area contributed by atoms with E-state index in [4.69, 9.17) is 9.47 Å². The zero-order valence-corrected chi connectivity index (χ0v) is 16.6. The first-order valence-corrected chi connectivity index (χ1v) is 10.3. The summed E-state index contributed by atoms with van der Waals surface area (Å²) >= 11 is 1.25. The number of benzene rings is 1. The van der Waals surface area contributed by atoms with Crippen LogP contribution in [0.15, 0.2) is 36.4 Å². The van der Waals surface area contributed by atoms with E-state index in [1.54, 1.807) is 13.0 Å². The summed E-state index contributed by atoms with van der Waals surface area (Å²) in [6, 6.07) is 11.1. The molecular weight excluding hydrogens is 394 g/mol. The number of esters is 1. The van der Waals surface area contributed by atoms with Crippen molar-refractivity contribution in [2.24, 2.45) is 11.8 Å². The molecule has 0 unspecified atom stereocenters. The fourth-order valence-corrected chi connectivity index (χ4v) is 5.15. The van der Waals surface area contributed by atoms with Gasteiger partial charge in [-0.3, -0.25) is 4.79 Å². The molecule has 4 atom stereocenters. The SMILES string of the molecule is CCOC(=O)c1cc(-c2ccccc2)sc1NC(=O)[C@H]1[C@@H](C(=O)[O-])[C@@H]2CC[C@H]1O2. The molecule has 8 heteroatoms. The summed E-state index contributed by atoms with van der Waals surface area (Å²) in [5, 5.41) is 14.7. The summed E-state index contributed by atoms with van der Waals surface area (Å²) in [7, 11) is 0. The minimum Gasteiger partial charge on any atom is -0.550 e. The molecule has 2 bridgehead atoms. The number of fused-ring (bicyclic) bond motifs is 2. The molecule has 1 N–H and O–H groups in total. The molecule has 0 aliphatic carbocycles. The summed E-state index contributed by atoms with van der Waals surface area (Å²) < 4.78 is 10.8. The van der Waals surface area contributed by atoms with Crippen molar-refractivity contribution < 1.29 is 29.0 Å². The standard InChI is InChI=1S/C21H21NO6S/c1-2-27-21(26)12-10-15(11-6-4-3-5-7-11)29-19(12)22-18(23)16-13-8-9-14(28-13)17(16)20(24)25/h3-7,10,13-14,16-17H,2,8-9H2,1H3,(H,22,23)(H,24,25)/p-1/t13-,14+,16-,17+/m1/s1. The summed E-state index contributed by atoms with van der Waals surface area (Å²) in [4.78, 5) is 37.7. The van der Waals surface area contributed by atoms with Gasteiger partial charge >= 0.3 is 5.97 Å². The maximum atomic E-state index is 13.0. The van der Waals surface area contributed by atoms with Crippen LogP contribution in [0.3, 0.4) is 0 Å². The van der Waals surface area contributed by atoms with Gasteiger partial charge in [0.25, 0.3) is 0 Å². The maximum Gasteiger partial charge on any atom is 0.341 e. The first kappa shape index (κ1) is 19.6. The number of nitrogens with one attached hydrogen (secondary N) is 1. The highest BCUT2D eigenvalue weighted by Gasteiger charge is 2.53. The van der Waals surface area contributed by atoms with Gasteiger partial charge in [-0.1, -0.05) is 30.3 Å². The summed E-state index contributed by atoms with van der Waals surface area (Å²) in [6.45, 7) is 1.91. The van der Waals surface area contributed by atoms with E-state index in [9.17, 15) is 19.5 Å². The second-order valence-electron chi connectivity index (χ2n) is 7.09. The lowest BCUT2D eigenvalue weighted by atomic mass is 9.79. The Morgan fingerprint density at radius 2 is 1.86 bits per heavy atom. The summed E-state index contributed by atoms with van der Waals surface area (Å²) in [5.74, 6) is -4.11. The number of hydrogen-bond donors (Lipinski definition) is 1. The number of carboxylic acid groups (broad SMARTS) is 1. The molecule has 1 amide bonds. The van der Waals surface area contributed by atoms with Crippen LogP contribution < -0.4 is 10.4 Å². The van der Waals surface area contributed by atoms with Gasteiger partial charge in [0, 0.05) is 16.8 Å². The molecule has 2 aliphatic heterocycles. The van der Waals surface area contributed by atoms with Gasteiger partial charge in [-0.15, -0.1) is 11.3 Å². The average Bonchev–Trinajstić information content (AvgIpc) is 3.43. The number of rotatable bonds is 6. The van der Waals surface area contributed by atoms with Gasteiger partial charge in [0.2, 0.25) is 5.91 Å². The maximum absolute atomic E-state index is 13.0. The number of carbonyl (C=O) groups excluding carboxylic acids is 3. The molecule has 3 heterocycles. The van der Waals surface area contributed by atoms with Crippen LogP contribution in [0.4, 0.5) is 5.00 Å². The normalized spacial score (nSPS) is 25.0. The molecule has 4 rings (SSSR count). The highest BCUT2D eigenvalue weighted by molar-refractivity contribution is 7.20. The first-order valence-electron chi connectivity index (χ1n) is 9.53. The minimum absolute atomic E-state index is 0.204. The van der Waals surface area contributed by atoms with Crippen LogP contribution in [-0.4, -0.2) is 36.7 Å². The molecule has 2 saturated heterocycles. The monoisotopic (exact) mass is 414 g/mol. The Hall–Kier alpha value is -2.71. The Labute approximate surface area is 171 Å². The second kappa shape index (κ2) is 7.96. The van der Waals surface area contributed by atoms with Crippen molar-refractivity contribution in [1.29, 1.82) is 0 Å². The fourth-order valence-electron chi connectivity index (χ4n) is 4.09. The molecule has 2 aliphatic rings. The topological polar surface area (TPSA) is 105 Å². The van der Waals surface area contributed by atoms with Crippen LogP contribution in [0.25, 0.3) is 10.4 Å². The number of ether oxygens (including phenoxy) is 2. The van der Waals surface area contributed by atoms with Crippen molar-refractivity contribution in [3.8, 4) is 10.4 Å². The molecular formula is C21H20NO6S-. The Balaban J connectivity index is 1.63. The van der Waals surface area contributed by atoms with Crippen LogP contribution in [0.5, 0.6) is 0 Å². The number of carbonyl (C=O) groups is 3. The van der Waals surface area contributed by atoms with E-state index < -0.39 is 41.9 Å². The third-order valence-corrected chi connectivity index (χ3v) is 6.47. The predicted octanol–water partition coefficient (Wildman–Crippen LogP) is 2.07. The van der Waals surface area contributed by atoms with Crippen LogP contribution >= 0.6 is 11.3 Å². The van der Waals surface area contributed by atoms with Crippen LogP contribution in [0.1, 0.15) is 30.1 Å². The van der Waals surface area contributed by atoms with Gasteiger partial charge in [-0.05, 0) is 31.4 Å². The van der Waals surface area contributed by atoms with Gasteiger partial charge in [0.05, 0.1) is 30.3 Å². The quantitative estimate of drug-likeness (QED) is 0.726. The van der Waals surface area contributed by atoms with Crippen molar-refractivity contribution in [3.63, 3.8) is 0 Å². The van der Waals surface area contributed by atoms with Crippen molar-refractivity contribution in [1.82, 2.24) is 0 Å². The van der Waals surface area contributed by atoms with Crippen molar-refractivity contribution in [2.45, 2.75) is 32.0 Å². The lowest BCUT2D eigenvalue weighted by molar-refractivity contribution is -0.313. The predicted molar refractivity (Wildman–Crippen MR) is 104 cm³/mol. The second-order valence-corrected chi connectivity index (χ2v) is 8.14. The van der Waals surface area contributed by atoms with E-state index >= 15 is 0 Å². The number of anilines is 1. The highest BCUT2D eigenvalue weighted by atomic mass is 32.1. The fraction of sp³-hybridized carbons (Fsp3) is 0.381. The Bertz CT molecular complexity index is 940. The Kier molecular flexibility index (Phi) is 5.38. The molecule has 1 aromatic carbocycles. The van der Waals surface area contributed by atoms with E-state index in [-0.39, 0.29) is 12.2 Å². The number of thiophene rings is 1. The van der Waals surface area contributed by atoms with E-state index in [1.807, 2.05) is 30.3 Å². The van der Waals surface area contributed by atoms with Crippen molar-refractivity contribution in [2.75, 3.05) is 11.9 Å². The van der Waals surface area contributed by atoms with Crippen LogP contribution in [0.2, 0.25) is 0 Å².